The smallest absolute Gasteiger partial charge is 0.332 e. The summed E-state index contributed by atoms with van der Waals surface area (Å²) in [6.45, 7) is -0.386. The Labute approximate surface area is 123 Å². The molecule has 0 atom stereocenters. The highest BCUT2D eigenvalue weighted by Crippen LogP contribution is 2.30. The molecule has 1 heterocycles. The third-order valence-corrected chi connectivity index (χ3v) is 2.71. The summed E-state index contributed by atoms with van der Waals surface area (Å²) in [5.74, 6) is -0.464. The van der Waals surface area contributed by atoms with Crippen molar-refractivity contribution < 1.29 is 22.4 Å². The molecule has 0 fully saturated rings. The van der Waals surface area contributed by atoms with E-state index in [1.54, 1.807) is 0 Å². The number of carbonyl (C=O) groups is 1. The molecule has 0 aliphatic rings. The predicted octanol–water partition coefficient (Wildman–Crippen LogP) is 3.56. The molecule has 0 aliphatic heterocycles. The van der Waals surface area contributed by atoms with Crippen LogP contribution in [0.4, 0.5) is 28.0 Å². The lowest BCUT2D eigenvalue weighted by atomic mass is 10.2. The molecular weight excluding hydrogens is 302 g/mol. The molecule has 2 aromatic rings. The van der Waals surface area contributed by atoms with E-state index in [0.717, 1.165) is 18.2 Å². The Morgan fingerprint density at radius 3 is 2.45 bits per heavy atom. The van der Waals surface area contributed by atoms with E-state index in [0.29, 0.717) is 5.69 Å². The van der Waals surface area contributed by atoms with Crippen molar-refractivity contribution in [3.63, 3.8) is 0 Å². The van der Waals surface area contributed by atoms with E-state index in [1.165, 1.54) is 24.4 Å². The number of hydrogen-bond acceptors (Lipinski definition) is 2. The van der Waals surface area contributed by atoms with Crippen LogP contribution in [0.3, 0.4) is 0 Å². The predicted molar refractivity (Wildman–Crippen MR) is 71.5 cm³/mol. The second kappa shape index (κ2) is 6.42. The number of pyridine rings is 1. The summed E-state index contributed by atoms with van der Waals surface area (Å²) in [6.07, 6.45) is -3.33. The number of rotatable bonds is 3. The first-order chi connectivity index (χ1) is 10.4. The van der Waals surface area contributed by atoms with Crippen molar-refractivity contribution in [2.75, 3.05) is 5.32 Å². The quantitative estimate of drug-likeness (QED) is 0.851. The van der Waals surface area contributed by atoms with E-state index in [1.807, 2.05) is 0 Å². The maximum Gasteiger partial charge on any atom is 0.418 e. The number of urea groups is 1. The van der Waals surface area contributed by atoms with Crippen molar-refractivity contribution in [3.8, 4) is 0 Å². The molecule has 2 amide bonds. The molecule has 0 saturated carbocycles. The van der Waals surface area contributed by atoms with Crippen LogP contribution in [0, 0.1) is 5.82 Å². The van der Waals surface area contributed by atoms with Gasteiger partial charge in [0, 0.05) is 11.9 Å². The van der Waals surface area contributed by atoms with E-state index >= 15 is 0 Å². The summed E-state index contributed by atoms with van der Waals surface area (Å²) < 4.78 is 51.0. The Bertz CT molecular complexity index is 656. The van der Waals surface area contributed by atoms with Crippen molar-refractivity contribution in [3.05, 3.63) is 59.7 Å². The van der Waals surface area contributed by atoms with Crippen LogP contribution >= 0.6 is 0 Å². The van der Waals surface area contributed by atoms with Gasteiger partial charge in [-0.1, -0.05) is 0 Å². The maximum atomic E-state index is 12.8. The molecule has 0 spiro atoms. The van der Waals surface area contributed by atoms with Crippen molar-refractivity contribution in [2.45, 2.75) is 12.7 Å². The zero-order valence-electron chi connectivity index (χ0n) is 11.1. The largest absolute Gasteiger partial charge is 0.418 e. The molecule has 0 saturated heterocycles. The summed E-state index contributed by atoms with van der Waals surface area (Å²) in [5, 5.41) is 4.64. The van der Waals surface area contributed by atoms with Crippen LogP contribution in [0.15, 0.2) is 42.6 Å². The average molecular weight is 313 g/mol. The Kier molecular flexibility index (Phi) is 4.59. The Balaban J connectivity index is 1.98. The van der Waals surface area contributed by atoms with Gasteiger partial charge in [-0.25, -0.2) is 9.18 Å². The van der Waals surface area contributed by atoms with Gasteiger partial charge >= 0.3 is 12.2 Å². The van der Waals surface area contributed by atoms with Gasteiger partial charge in [-0.3, -0.25) is 4.98 Å². The second-order valence-electron chi connectivity index (χ2n) is 4.31. The van der Waals surface area contributed by atoms with Crippen LogP contribution in [0.5, 0.6) is 0 Å². The number of carbonyl (C=O) groups excluding carboxylic acids is 1. The van der Waals surface area contributed by atoms with Crippen LogP contribution in [-0.4, -0.2) is 11.0 Å². The molecule has 8 heteroatoms. The zero-order chi connectivity index (χ0) is 16.2. The number of amides is 2. The Morgan fingerprint density at radius 2 is 1.82 bits per heavy atom. The van der Waals surface area contributed by atoms with Crippen LogP contribution in [0.25, 0.3) is 0 Å². The summed E-state index contributed by atoms with van der Waals surface area (Å²) >= 11 is 0. The summed E-state index contributed by atoms with van der Waals surface area (Å²) in [6, 6.07) is 6.30. The fourth-order valence-corrected chi connectivity index (χ4v) is 1.71. The van der Waals surface area contributed by atoms with E-state index in [4.69, 9.17) is 0 Å². The second-order valence-corrected chi connectivity index (χ2v) is 4.31. The van der Waals surface area contributed by atoms with Crippen LogP contribution in [-0.2, 0) is 12.7 Å². The van der Waals surface area contributed by atoms with E-state index in [2.05, 4.69) is 15.6 Å². The number of hydrogen-bond donors (Lipinski definition) is 2. The topological polar surface area (TPSA) is 54.0 Å². The highest BCUT2D eigenvalue weighted by Gasteiger charge is 2.33. The summed E-state index contributed by atoms with van der Waals surface area (Å²) in [4.78, 5) is 15.2. The van der Waals surface area contributed by atoms with Crippen LogP contribution in [0.1, 0.15) is 11.3 Å². The van der Waals surface area contributed by atoms with Gasteiger partial charge < -0.3 is 10.6 Å². The molecule has 1 aromatic carbocycles. The lowest BCUT2D eigenvalue weighted by Gasteiger charge is -2.12. The number of aromatic nitrogens is 1. The Morgan fingerprint density at radius 1 is 1.14 bits per heavy atom. The molecule has 0 aliphatic carbocycles. The molecule has 1 aromatic heterocycles. The van der Waals surface area contributed by atoms with Crippen molar-refractivity contribution in [1.82, 2.24) is 10.3 Å². The number of alkyl halides is 3. The molecule has 4 nitrogen and oxygen atoms in total. The van der Waals surface area contributed by atoms with E-state index in [9.17, 15) is 22.4 Å². The maximum absolute atomic E-state index is 12.8. The van der Waals surface area contributed by atoms with Gasteiger partial charge in [0.2, 0.25) is 0 Å². The lowest BCUT2D eigenvalue weighted by molar-refractivity contribution is -0.138. The number of nitrogens with zero attached hydrogens (tertiary/aromatic N) is 1. The third-order valence-electron chi connectivity index (χ3n) is 2.71. The minimum Gasteiger partial charge on any atom is -0.332 e. The fraction of sp³-hybridized carbons (Fsp3) is 0.143. The average Bonchev–Trinajstić information content (AvgIpc) is 2.47. The molecule has 0 unspecified atom stereocenters. The highest BCUT2D eigenvalue weighted by atomic mass is 19.4. The zero-order valence-corrected chi connectivity index (χ0v) is 11.1. The fourth-order valence-electron chi connectivity index (χ4n) is 1.71. The summed E-state index contributed by atoms with van der Waals surface area (Å²) in [5.41, 5.74) is -0.877. The SMILES string of the molecule is O=C(NCc1ncccc1C(F)(F)F)Nc1ccc(F)cc1. The monoisotopic (exact) mass is 313 g/mol. The number of anilines is 1. The van der Waals surface area contributed by atoms with Gasteiger partial charge in [0.05, 0.1) is 17.8 Å². The molecule has 0 radical (unpaired) electrons. The minimum absolute atomic E-state index is 0.288. The number of halogens is 4. The molecule has 116 valence electrons. The normalized spacial score (nSPS) is 11.1. The molecule has 0 bridgehead atoms. The lowest BCUT2D eigenvalue weighted by Crippen LogP contribution is -2.29. The van der Waals surface area contributed by atoms with E-state index < -0.39 is 23.6 Å². The number of nitrogens with one attached hydrogen (secondary N) is 2. The molecule has 2 rings (SSSR count). The van der Waals surface area contributed by atoms with Gasteiger partial charge in [-0.15, -0.1) is 0 Å². The van der Waals surface area contributed by atoms with Crippen molar-refractivity contribution >= 4 is 11.7 Å². The van der Waals surface area contributed by atoms with Gasteiger partial charge in [0.15, 0.2) is 0 Å². The molecule has 22 heavy (non-hydrogen) atoms. The first kappa shape index (κ1) is 15.7. The van der Waals surface area contributed by atoms with Crippen LogP contribution in [0.2, 0.25) is 0 Å². The minimum atomic E-state index is -4.54. The number of benzene rings is 1. The van der Waals surface area contributed by atoms with Gasteiger partial charge in [0.25, 0.3) is 0 Å². The van der Waals surface area contributed by atoms with Crippen molar-refractivity contribution in [1.29, 1.82) is 0 Å². The van der Waals surface area contributed by atoms with Crippen molar-refractivity contribution in [2.24, 2.45) is 0 Å². The molecule has 2 N–H and O–H groups in total. The first-order valence-corrected chi connectivity index (χ1v) is 6.18. The first-order valence-electron chi connectivity index (χ1n) is 6.18. The van der Waals surface area contributed by atoms with Gasteiger partial charge in [-0.05, 0) is 36.4 Å². The summed E-state index contributed by atoms with van der Waals surface area (Å²) in [7, 11) is 0. The van der Waals surface area contributed by atoms with Gasteiger partial charge in [0.1, 0.15) is 5.82 Å². The van der Waals surface area contributed by atoms with Crippen LogP contribution < -0.4 is 10.6 Å². The van der Waals surface area contributed by atoms with E-state index in [-0.39, 0.29) is 12.2 Å². The standard InChI is InChI=1S/C14H11F4N3O/c15-9-3-5-10(6-4-9)21-13(22)20-8-12-11(14(16,17)18)2-1-7-19-12/h1-7H,8H2,(H2,20,21,22). The highest BCUT2D eigenvalue weighted by molar-refractivity contribution is 5.89. The third kappa shape index (κ3) is 4.18. The molecular formula is C14H11F4N3O. The Hall–Kier alpha value is -2.64. The van der Waals surface area contributed by atoms with Gasteiger partial charge in [-0.2, -0.15) is 13.2 Å².